The molecule has 1 N–H and O–H groups in total. The number of amides is 1. The van der Waals surface area contributed by atoms with E-state index in [1.54, 1.807) is 4.57 Å². The van der Waals surface area contributed by atoms with Crippen LogP contribution in [0.3, 0.4) is 0 Å². The molecule has 0 atom stereocenters. The molecule has 2 aromatic carbocycles. The average Bonchev–Trinajstić information content (AvgIpc) is 3.24. The van der Waals surface area contributed by atoms with E-state index in [2.05, 4.69) is 26.2 Å². The van der Waals surface area contributed by atoms with Crippen LogP contribution in [0.1, 0.15) is 5.56 Å². The number of fused-ring (bicyclic) bond motifs is 1. The third kappa shape index (κ3) is 5.38. The maximum atomic E-state index is 13.1. The fourth-order valence-corrected chi connectivity index (χ4v) is 4.98. The zero-order valence-corrected chi connectivity index (χ0v) is 20.2. The predicted octanol–water partition coefficient (Wildman–Crippen LogP) is 5.31. The second kappa shape index (κ2) is 9.99. The molecule has 0 saturated carbocycles. The van der Waals surface area contributed by atoms with Crippen molar-refractivity contribution in [3.8, 4) is 5.69 Å². The van der Waals surface area contributed by atoms with Gasteiger partial charge in [-0.15, -0.1) is 11.3 Å². The summed E-state index contributed by atoms with van der Waals surface area (Å²) in [5.74, 6) is 0.0557. The molecule has 0 saturated heterocycles. The summed E-state index contributed by atoms with van der Waals surface area (Å²) in [5.41, 5.74) is 2.33. The number of nitrogens with zero attached hydrogens (tertiary/aromatic N) is 2. The van der Waals surface area contributed by atoms with Crippen LogP contribution in [0, 0.1) is 0 Å². The Hall–Kier alpha value is -2.13. The summed E-state index contributed by atoms with van der Waals surface area (Å²) < 4.78 is 3.08. The number of benzene rings is 2. The van der Waals surface area contributed by atoms with Crippen LogP contribution in [0.4, 0.5) is 0 Å². The molecule has 31 heavy (non-hydrogen) atoms. The molecule has 0 bridgehead atoms. The van der Waals surface area contributed by atoms with Crippen LogP contribution in [-0.4, -0.2) is 27.8 Å². The Labute approximate surface area is 200 Å². The van der Waals surface area contributed by atoms with Gasteiger partial charge in [-0.05, 0) is 59.8 Å². The number of aromatic nitrogens is 2. The maximum Gasteiger partial charge on any atom is 0.276 e. The van der Waals surface area contributed by atoms with Crippen molar-refractivity contribution < 1.29 is 4.79 Å². The largest absolute Gasteiger partial charge is 0.355 e. The molecule has 4 aromatic rings. The third-order valence-corrected chi connectivity index (χ3v) is 7.13. The first-order valence-electron chi connectivity index (χ1n) is 9.41. The molecule has 0 spiro atoms. The van der Waals surface area contributed by atoms with Crippen molar-refractivity contribution >= 4 is 66.8 Å². The topological polar surface area (TPSA) is 64.0 Å². The van der Waals surface area contributed by atoms with E-state index < -0.39 is 0 Å². The molecule has 0 aliphatic carbocycles. The summed E-state index contributed by atoms with van der Waals surface area (Å²) >= 11 is 11.9. The summed E-state index contributed by atoms with van der Waals surface area (Å²) in [7, 11) is 0. The summed E-state index contributed by atoms with van der Waals surface area (Å²) in [6.07, 6.45) is 0.719. The minimum Gasteiger partial charge on any atom is -0.355 e. The van der Waals surface area contributed by atoms with Crippen molar-refractivity contribution in [1.29, 1.82) is 0 Å². The minimum atomic E-state index is -0.132. The van der Waals surface area contributed by atoms with Gasteiger partial charge in [-0.2, -0.15) is 0 Å². The number of halogens is 2. The molecule has 0 aliphatic rings. The Morgan fingerprint density at radius 1 is 1.13 bits per heavy atom. The van der Waals surface area contributed by atoms with Gasteiger partial charge in [0.1, 0.15) is 4.70 Å². The lowest BCUT2D eigenvalue weighted by atomic mass is 10.1. The number of nitrogens with one attached hydrogen (secondary N) is 1. The lowest BCUT2D eigenvalue weighted by Gasteiger charge is -2.12. The first-order chi connectivity index (χ1) is 15.0. The Bertz CT molecular complexity index is 1270. The van der Waals surface area contributed by atoms with Crippen LogP contribution < -0.4 is 10.9 Å². The van der Waals surface area contributed by atoms with Crippen LogP contribution in [0.15, 0.2) is 74.4 Å². The van der Waals surface area contributed by atoms with Crippen molar-refractivity contribution in [3.63, 3.8) is 0 Å². The smallest absolute Gasteiger partial charge is 0.276 e. The van der Waals surface area contributed by atoms with Gasteiger partial charge in [0.2, 0.25) is 5.91 Å². The fourth-order valence-electron chi connectivity index (χ4n) is 2.99. The molecular formula is C22H17BrClN3O2S2. The Morgan fingerprint density at radius 3 is 2.61 bits per heavy atom. The lowest BCUT2D eigenvalue weighted by molar-refractivity contribution is -0.118. The van der Waals surface area contributed by atoms with Gasteiger partial charge in [0.15, 0.2) is 5.16 Å². The SMILES string of the molecule is O=C(CSc1nc2ccsc2c(=O)n1-c1ccc(Br)cc1)NCCc1ccc(Cl)cc1. The molecule has 158 valence electrons. The van der Waals surface area contributed by atoms with E-state index in [0.717, 1.165) is 16.5 Å². The molecular weight excluding hydrogens is 518 g/mol. The zero-order valence-electron chi connectivity index (χ0n) is 16.2. The number of thiophene rings is 1. The number of thioether (sulfide) groups is 1. The molecule has 0 radical (unpaired) electrons. The average molecular weight is 535 g/mol. The van der Waals surface area contributed by atoms with Crippen molar-refractivity contribution in [2.75, 3.05) is 12.3 Å². The van der Waals surface area contributed by atoms with Gasteiger partial charge in [-0.25, -0.2) is 4.98 Å². The standard InChI is InChI=1S/C22H17BrClN3O2S2/c23-15-3-7-17(8-4-15)27-21(29)20-18(10-12-30-20)26-22(27)31-13-19(28)25-11-9-14-1-5-16(24)6-2-14/h1-8,10,12H,9,11,13H2,(H,25,28). The highest BCUT2D eigenvalue weighted by atomic mass is 79.9. The first kappa shape index (κ1) is 22.1. The van der Waals surface area contributed by atoms with Crippen molar-refractivity contribution in [3.05, 3.63) is 85.4 Å². The number of carbonyl (C=O) groups excluding carboxylic acids is 1. The van der Waals surface area contributed by atoms with Crippen LogP contribution in [0.2, 0.25) is 5.02 Å². The van der Waals surface area contributed by atoms with E-state index in [0.29, 0.717) is 32.6 Å². The monoisotopic (exact) mass is 533 g/mol. The third-order valence-electron chi connectivity index (χ3n) is 4.52. The summed E-state index contributed by atoms with van der Waals surface area (Å²) in [6.45, 7) is 0.525. The van der Waals surface area contributed by atoms with Crippen LogP contribution in [0.5, 0.6) is 0 Å². The van der Waals surface area contributed by atoms with E-state index >= 15 is 0 Å². The van der Waals surface area contributed by atoms with Crippen LogP contribution in [-0.2, 0) is 11.2 Å². The first-order valence-corrected chi connectivity index (χ1v) is 12.4. The highest BCUT2D eigenvalue weighted by Crippen LogP contribution is 2.24. The van der Waals surface area contributed by atoms with Gasteiger partial charge in [0, 0.05) is 16.0 Å². The number of rotatable bonds is 7. The van der Waals surface area contributed by atoms with E-state index in [9.17, 15) is 9.59 Å². The summed E-state index contributed by atoms with van der Waals surface area (Å²) in [6, 6.07) is 16.8. The molecule has 1 amide bonds. The second-order valence-corrected chi connectivity index (χ2v) is 9.87. The molecule has 2 aromatic heterocycles. The number of carbonyl (C=O) groups is 1. The van der Waals surface area contributed by atoms with Crippen molar-refractivity contribution in [1.82, 2.24) is 14.9 Å². The highest BCUT2D eigenvalue weighted by Gasteiger charge is 2.15. The second-order valence-electron chi connectivity index (χ2n) is 6.66. The Balaban J connectivity index is 1.47. The molecule has 5 nitrogen and oxygen atoms in total. The fraction of sp³-hybridized carbons (Fsp3) is 0.136. The van der Waals surface area contributed by atoms with Gasteiger partial charge in [0.05, 0.1) is 17.0 Å². The molecule has 2 heterocycles. The van der Waals surface area contributed by atoms with Crippen molar-refractivity contribution in [2.24, 2.45) is 0 Å². The lowest BCUT2D eigenvalue weighted by Crippen LogP contribution is -2.28. The van der Waals surface area contributed by atoms with Gasteiger partial charge in [-0.3, -0.25) is 14.2 Å². The number of hydrogen-bond acceptors (Lipinski definition) is 5. The van der Waals surface area contributed by atoms with Crippen LogP contribution in [0.25, 0.3) is 15.9 Å². The Kier molecular flexibility index (Phi) is 7.12. The Morgan fingerprint density at radius 2 is 1.87 bits per heavy atom. The number of hydrogen-bond donors (Lipinski definition) is 1. The van der Waals surface area contributed by atoms with Gasteiger partial charge >= 0.3 is 0 Å². The highest BCUT2D eigenvalue weighted by molar-refractivity contribution is 9.10. The van der Waals surface area contributed by atoms with Gasteiger partial charge in [-0.1, -0.05) is 51.4 Å². The molecule has 0 unspecified atom stereocenters. The van der Waals surface area contributed by atoms with E-state index in [4.69, 9.17) is 11.6 Å². The quantitative estimate of drug-likeness (QED) is 0.258. The molecule has 0 aliphatic heterocycles. The summed E-state index contributed by atoms with van der Waals surface area (Å²) in [5, 5.41) is 5.95. The van der Waals surface area contributed by atoms with Gasteiger partial charge < -0.3 is 5.32 Å². The molecule has 0 fully saturated rings. The summed E-state index contributed by atoms with van der Waals surface area (Å²) in [4.78, 5) is 30.1. The van der Waals surface area contributed by atoms with E-state index in [1.807, 2.05) is 60.0 Å². The maximum absolute atomic E-state index is 13.1. The molecule has 4 rings (SSSR count). The van der Waals surface area contributed by atoms with Crippen molar-refractivity contribution in [2.45, 2.75) is 11.6 Å². The normalized spacial score (nSPS) is 11.0. The van der Waals surface area contributed by atoms with Crippen LogP contribution >= 0.6 is 50.6 Å². The zero-order chi connectivity index (χ0) is 21.8. The van der Waals surface area contributed by atoms with Gasteiger partial charge in [0.25, 0.3) is 5.56 Å². The van der Waals surface area contributed by atoms with E-state index in [-0.39, 0.29) is 17.2 Å². The minimum absolute atomic E-state index is 0.110. The van der Waals surface area contributed by atoms with E-state index in [1.165, 1.54) is 23.1 Å². The molecule has 9 heteroatoms. The predicted molar refractivity (Wildman–Crippen MR) is 132 cm³/mol.